The van der Waals surface area contributed by atoms with Crippen molar-refractivity contribution in [1.82, 2.24) is 0 Å². The first-order valence-electron chi connectivity index (χ1n) is 4.98. The molecule has 4 nitrogen and oxygen atoms in total. The summed E-state index contributed by atoms with van der Waals surface area (Å²) >= 11 is 0. The lowest BCUT2D eigenvalue weighted by atomic mass is 10.0. The SMILES string of the molecule is CC(C)c1ccccc1OCCN=[N+]=[N-]. The Bertz CT molecular complexity index is 357. The standard InChI is InChI=1S/C11H15N3O/c1-9(2)10-5-3-4-6-11(10)15-8-7-13-14-12/h3-6,9H,7-8H2,1-2H3. The van der Waals surface area contributed by atoms with E-state index in [2.05, 4.69) is 23.9 Å². The molecule has 0 saturated carbocycles. The molecule has 0 unspecified atom stereocenters. The lowest BCUT2D eigenvalue weighted by molar-refractivity contribution is 0.323. The van der Waals surface area contributed by atoms with Gasteiger partial charge in [0.15, 0.2) is 0 Å². The predicted molar refractivity (Wildman–Crippen MR) is 60.0 cm³/mol. The first kappa shape index (κ1) is 11.4. The summed E-state index contributed by atoms with van der Waals surface area (Å²) in [6, 6.07) is 7.92. The predicted octanol–water partition coefficient (Wildman–Crippen LogP) is 3.50. The highest BCUT2D eigenvalue weighted by Crippen LogP contribution is 2.25. The van der Waals surface area contributed by atoms with Crippen molar-refractivity contribution in [3.8, 4) is 5.75 Å². The van der Waals surface area contributed by atoms with Crippen molar-refractivity contribution < 1.29 is 4.74 Å². The summed E-state index contributed by atoms with van der Waals surface area (Å²) < 4.78 is 5.54. The van der Waals surface area contributed by atoms with Crippen molar-refractivity contribution in [2.24, 2.45) is 5.11 Å². The second kappa shape index (κ2) is 5.94. The van der Waals surface area contributed by atoms with Crippen LogP contribution < -0.4 is 4.74 Å². The van der Waals surface area contributed by atoms with Gasteiger partial charge in [0.1, 0.15) is 5.75 Å². The smallest absolute Gasteiger partial charge is 0.122 e. The minimum absolute atomic E-state index is 0.364. The van der Waals surface area contributed by atoms with Gasteiger partial charge in [-0.25, -0.2) is 0 Å². The van der Waals surface area contributed by atoms with Gasteiger partial charge in [0.2, 0.25) is 0 Å². The molecule has 0 aliphatic heterocycles. The Hall–Kier alpha value is -1.67. The molecule has 1 aromatic carbocycles. The molecule has 0 atom stereocenters. The van der Waals surface area contributed by atoms with E-state index >= 15 is 0 Å². The Labute approximate surface area is 89.5 Å². The van der Waals surface area contributed by atoms with E-state index in [1.54, 1.807) is 0 Å². The average Bonchev–Trinajstić information content (AvgIpc) is 2.25. The van der Waals surface area contributed by atoms with Crippen LogP contribution in [-0.2, 0) is 0 Å². The third-order valence-corrected chi connectivity index (χ3v) is 2.05. The van der Waals surface area contributed by atoms with Gasteiger partial charge in [-0.15, -0.1) is 0 Å². The van der Waals surface area contributed by atoms with Gasteiger partial charge < -0.3 is 4.74 Å². The van der Waals surface area contributed by atoms with Crippen molar-refractivity contribution >= 4 is 0 Å². The Kier molecular flexibility index (Phi) is 4.51. The minimum Gasteiger partial charge on any atom is -0.493 e. The molecule has 80 valence electrons. The minimum atomic E-state index is 0.364. The third kappa shape index (κ3) is 3.52. The molecule has 4 heteroatoms. The monoisotopic (exact) mass is 205 g/mol. The summed E-state index contributed by atoms with van der Waals surface area (Å²) in [4.78, 5) is 2.67. The van der Waals surface area contributed by atoms with Gasteiger partial charge in [-0.1, -0.05) is 37.2 Å². The van der Waals surface area contributed by atoms with Crippen LogP contribution in [0, 0.1) is 0 Å². The van der Waals surface area contributed by atoms with E-state index < -0.39 is 0 Å². The lowest BCUT2D eigenvalue weighted by Crippen LogP contribution is -2.03. The van der Waals surface area contributed by atoms with Crippen molar-refractivity contribution in [1.29, 1.82) is 0 Å². The maximum Gasteiger partial charge on any atom is 0.122 e. The molecule has 0 aromatic heterocycles. The summed E-state index contributed by atoms with van der Waals surface area (Å²) in [5.74, 6) is 1.31. The zero-order valence-corrected chi connectivity index (χ0v) is 9.05. The van der Waals surface area contributed by atoms with Gasteiger partial charge >= 0.3 is 0 Å². The maximum atomic E-state index is 8.11. The molecule has 0 aliphatic rings. The second-order valence-electron chi connectivity index (χ2n) is 3.50. The molecule has 0 radical (unpaired) electrons. The molecule has 1 rings (SSSR count). The summed E-state index contributed by atoms with van der Waals surface area (Å²) in [5.41, 5.74) is 9.29. The highest BCUT2D eigenvalue weighted by atomic mass is 16.5. The van der Waals surface area contributed by atoms with Gasteiger partial charge in [0.05, 0.1) is 13.2 Å². The van der Waals surface area contributed by atoms with E-state index in [4.69, 9.17) is 10.3 Å². The number of hydrogen-bond acceptors (Lipinski definition) is 2. The van der Waals surface area contributed by atoms with Crippen molar-refractivity contribution in [2.75, 3.05) is 13.2 Å². The first-order valence-corrected chi connectivity index (χ1v) is 4.98. The van der Waals surface area contributed by atoms with Crippen LogP contribution in [-0.4, -0.2) is 13.2 Å². The van der Waals surface area contributed by atoms with Gasteiger partial charge in [-0.3, -0.25) is 0 Å². The number of nitrogens with zero attached hydrogens (tertiary/aromatic N) is 3. The molecular formula is C11H15N3O. The van der Waals surface area contributed by atoms with E-state index in [-0.39, 0.29) is 0 Å². The largest absolute Gasteiger partial charge is 0.493 e. The summed E-state index contributed by atoms with van der Waals surface area (Å²) in [5, 5.41) is 3.42. The fraction of sp³-hybridized carbons (Fsp3) is 0.455. The molecule has 0 fully saturated rings. The zero-order chi connectivity index (χ0) is 11.1. The summed E-state index contributed by atoms with van der Waals surface area (Å²) in [7, 11) is 0. The molecule has 0 amide bonds. The molecule has 0 heterocycles. The molecule has 0 aliphatic carbocycles. The number of hydrogen-bond donors (Lipinski definition) is 0. The van der Waals surface area contributed by atoms with Crippen LogP contribution in [0.15, 0.2) is 29.4 Å². The average molecular weight is 205 g/mol. The fourth-order valence-electron chi connectivity index (χ4n) is 1.33. The molecule has 0 spiro atoms. The van der Waals surface area contributed by atoms with Gasteiger partial charge in [-0.05, 0) is 23.1 Å². The number of ether oxygens (including phenoxy) is 1. The van der Waals surface area contributed by atoms with Crippen LogP contribution in [0.4, 0.5) is 0 Å². The zero-order valence-electron chi connectivity index (χ0n) is 9.05. The highest BCUT2D eigenvalue weighted by Gasteiger charge is 2.05. The Morgan fingerprint density at radius 1 is 1.40 bits per heavy atom. The van der Waals surface area contributed by atoms with E-state index in [9.17, 15) is 0 Å². The summed E-state index contributed by atoms with van der Waals surface area (Å²) in [6.45, 7) is 5.03. The van der Waals surface area contributed by atoms with Crippen LogP contribution in [0.3, 0.4) is 0 Å². The Morgan fingerprint density at radius 3 is 2.80 bits per heavy atom. The van der Waals surface area contributed by atoms with Crippen LogP contribution in [0.25, 0.3) is 10.4 Å². The highest BCUT2D eigenvalue weighted by molar-refractivity contribution is 5.35. The van der Waals surface area contributed by atoms with Gasteiger partial charge in [-0.2, -0.15) is 0 Å². The lowest BCUT2D eigenvalue weighted by Gasteiger charge is -2.12. The van der Waals surface area contributed by atoms with E-state index in [0.717, 1.165) is 5.75 Å². The van der Waals surface area contributed by atoms with Gasteiger partial charge in [0.25, 0.3) is 0 Å². The van der Waals surface area contributed by atoms with Gasteiger partial charge in [0, 0.05) is 4.91 Å². The van der Waals surface area contributed by atoms with Crippen molar-refractivity contribution in [2.45, 2.75) is 19.8 Å². The molecule has 0 saturated heterocycles. The van der Waals surface area contributed by atoms with Crippen LogP contribution in [0.1, 0.15) is 25.3 Å². The molecule has 1 aromatic rings. The van der Waals surface area contributed by atoms with E-state index in [1.807, 2.05) is 24.3 Å². The Balaban J connectivity index is 2.63. The van der Waals surface area contributed by atoms with Crippen LogP contribution in [0.5, 0.6) is 5.75 Å². The van der Waals surface area contributed by atoms with Crippen LogP contribution in [0.2, 0.25) is 0 Å². The second-order valence-corrected chi connectivity index (χ2v) is 3.50. The number of rotatable bonds is 5. The fourth-order valence-corrected chi connectivity index (χ4v) is 1.33. The molecule has 0 N–H and O–H groups in total. The Morgan fingerprint density at radius 2 is 2.13 bits per heavy atom. The van der Waals surface area contributed by atoms with E-state index in [1.165, 1.54) is 5.56 Å². The van der Waals surface area contributed by atoms with Crippen molar-refractivity contribution in [3.05, 3.63) is 40.3 Å². The quantitative estimate of drug-likeness (QED) is 0.314. The third-order valence-electron chi connectivity index (χ3n) is 2.05. The van der Waals surface area contributed by atoms with E-state index in [0.29, 0.717) is 19.1 Å². The topological polar surface area (TPSA) is 58.0 Å². The number of benzene rings is 1. The normalized spacial score (nSPS) is 9.80. The number of azide groups is 1. The summed E-state index contributed by atoms with van der Waals surface area (Å²) in [6.07, 6.45) is 0. The molecule has 15 heavy (non-hydrogen) atoms. The molecular weight excluding hydrogens is 190 g/mol. The maximum absolute atomic E-state index is 8.11. The van der Waals surface area contributed by atoms with Crippen molar-refractivity contribution in [3.63, 3.8) is 0 Å². The number of para-hydroxylation sites is 1. The van der Waals surface area contributed by atoms with Crippen LogP contribution >= 0.6 is 0 Å². The molecule has 0 bridgehead atoms. The first-order chi connectivity index (χ1) is 7.25.